The van der Waals surface area contributed by atoms with Crippen LogP contribution in [0.4, 0.5) is 0 Å². The molecule has 0 radical (unpaired) electrons. The second-order valence-corrected chi connectivity index (χ2v) is 3.47. The Kier molecular flexibility index (Phi) is 2.70. The van der Waals surface area contributed by atoms with E-state index in [0.717, 1.165) is 24.2 Å². The molecule has 0 saturated carbocycles. The Morgan fingerprint density at radius 3 is 3.14 bits per heavy atom. The zero-order valence-electron chi connectivity index (χ0n) is 8.19. The smallest absolute Gasteiger partial charge is 0.188 e. The number of benzene rings is 1. The monoisotopic (exact) mass is 194 g/mol. The van der Waals surface area contributed by atoms with E-state index in [2.05, 4.69) is 0 Å². The molecule has 3 nitrogen and oxygen atoms in total. The number of hydrogen-bond acceptors (Lipinski definition) is 3. The maximum atomic E-state index is 9.58. The second kappa shape index (κ2) is 3.98. The molecule has 0 spiro atoms. The Bertz CT molecular complexity index is 322. The number of hydrogen-bond donors (Lipinski definition) is 1. The first-order chi connectivity index (χ1) is 6.81. The fourth-order valence-corrected chi connectivity index (χ4v) is 1.79. The number of fused-ring (bicyclic) bond motifs is 1. The Morgan fingerprint density at radius 2 is 2.36 bits per heavy atom. The van der Waals surface area contributed by atoms with Crippen molar-refractivity contribution in [2.75, 3.05) is 13.9 Å². The van der Waals surface area contributed by atoms with Crippen LogP contribution < -0.4 is 4.74 Å². The highest BCUT2D eigenvalue weighted by Crippen LogP contribution is 2.33. The van der Waals surface area contributed by atoms with Crippen LogP contribution in [0, 0.1) is 0 Å². The minimum atomic E-state index is -0.290. The van der Waals surface area contributed by atoms with E-state index in [0.29, 0.717) is 0 Å². The molecule has 76 valence electrons. The van der Waals surface area contributed by atoms with Gasteiger partial charge in [0.25, 0.3) is 0 Å². The molecule has 0 fully saturated rings. The lowest BCUT2D eigenvalue weighted by atomic mass is 10.1. The third-order valence-corrected chi connectivity index (χ3v) is 2.50. The highest BCUT2D eigenvalue weighted by Gasteiger charge is 2.20. The van der Waals surface area contributed by atoms with Gasteiger partial charge in [0.1, 0.15) is 5.75 Å². The maximum Gasteiger partial charge on any atom is 0.188 e. The van der Waals surface area contributed by atoms with Crippen LogP contribution in [0.1, 0.15) is 23.7 Å². The van der Waals surface area contributed by atoms with Crippen LogP contribution in [0.3, 0.4) is 0 Å². The third kappa shape index (κ3) is 1.74. The summed E-state index contributed by atoms with van der Waals surface area (Å²) in [4.78, 5) is 0. The van der Waals surface area contributed by atoms with Crippen molar-refractivity contribution in [3.05, 3.63) is 29.3 Å². The molecule has 0 unspecified atom stereocenters. The van der Waals surface area contributed by atoms with Crippen LogP contribution in [0.2, 0.25) is 0 Å². The van der Waals surface area contributed by atoms with Gasteiger partial charge in [-0.25, -0.2) is 0 Å². The molecule has 0 bridgehead atoms. The Hall–Kier alpha value is -1.06. The maximum absolute atomic E-state index is 9.58. The van der Waals surface area contributed by atoms with Gasteiger partial charge in [0.15, 0.2) is 6.79 Å². The van der Waals surface area contributed by atoms with E-state index in [4.69, 9.17) is 9.47 Å². The van der Waals surface area contributed by atoms with Crippen molar-refractivity contribution in [3.63, 3.8) is 0 Å². The van der Waals surface area contributed by atoms with Crippen molar-refractivity contribution in [3.8, 4) is 5.75 Å². The molecule has 0 saturated heterocycles. The van der Waals surface area contributed by atoms with E-state index in [-0.39, 0.29) is 12.9 Å². The Labute approximate surface area is 83.3 Å². The fraction of sp³-hybridized carbons (Fsp3) is 0.455. The van der Waals surface area contributed by atoms with Gasteiger partial charge in [0, 0.05) is 7.11 Å². The number of methoxy groups -OCH3 is 1. The average molecular weight is 194 g/mol. The van der Waals surface area contributed by atoms with E-state index in [1.165, 1.54) is 5.56 Å². The topological polar surface area (TPSA) is 38.7 Å². The Morgan fingerprint density at radius 1 is 1.50 bits per heavy atom. The first kappa shape index (κ1) is 9.49. The van der Waals surface area contributed by atoms with Gasteiger partial charge in [-0.1, -0.05) is 6.07 Å². The third-order valence-electron chi connectivity index (χ3n) is 2.50. The molecular formula is C11H14O3. The van der Waals surface area contributed by atoms with E-state index < -0.39 is 0 Å². The number of aryl methyl sites for hydroxylation is 1. The summed E-state index contributed by atoms with van der Waals surface area (Å²) in [6.07, 6.45) is 1.46. The number of rotatable bonds is 3. The number of aliphatic hydroxyl groups excluding tert-OH is 1. The molecule has 1 N–H and O–H groups in total. The molecule has 1 aliphatic rings. The summed E-state index contributed by atoms with van der Waals surface area (Å²) in [5, 5.41) is 9.58. The summed E-state index contributed by atoms with van der Waals surface area (Å²) >= 11 is 0. The minimum Gasteiger partial charge on any atom is -0.468 e. The van der Waals surface area contributed by atoms with Gasteiger partial charge in [0.05, 0.1) is 6.10 Å². The lowest BCUT2D eigenvalue weighted by Gasteiger charge is -2.07. The van der Waals surface area contributed by atoms with Crippen LogP contribution in [0.15, 0.2) is 18.2 Å². The summed E-state index contributed by atoms with van der Waals surface area (Å²) < 4.78 is 10.1. The highest BCUT2D eigenvalue weighted by atomic mass is 16.7. The van der Waals surface area contributed by atoms with Crippen molar-refractivity contribution in [2.24, 2.45) is 0 Å². The normalized spacial score (nSPS) is 19.4. The molecule has 1 aromatic carbocycles. The lowest BCUT2D eigenvalue weighted by Crippen LogP contribution is -1.99. The first-order valence-corrected chi connectivity index (χ1v) is 4.74. The number of ether oxygens (including phenoxy) is 2. The van der Waals surface area contributed by atoms with E-state index in [9.17, 15) is 5.11 Å². The fourth-order valence-electron chi connectivity index (χ4n) is 1.79. The molecule has 1 atom stereocenters. The average Bonchev–Trinajstić information content (AvgIpc) is 2.57. The van der Waals surface area contributed by atoms with Crippen LogP contribution >= 0.6 is 0 Å². The van der Waals surface area contributed by atoms with E-state index >= 15 is 0 Å². The summed E-state index contributed by atoms with van der Waals surface area (Å²) in [7, 11) is 1.59. The van der Waals surface area contributed by atoms with Gasteiger partial charge in [-0.05, 0) is 36.1 Å². The first-order valence-electron chi connectivity index (χ1n) is 4.74. The lowest BCUT2D eigenvalue weighted by molar-refractivity contribution is 0.0511. The van der Waals surface area contributed by atoms with E-state index in [1.54, 1.807) is 7.11 Å². The van der Waals surface area contributed by atoms with Crippen molar-refractivity contribution in [1.29, 1.82) is 0 Å². The van der Waals surface area contributed by atoms with Crippen LogP contribution in [0.25, 0.3) is 0 Å². The van der Waals surface area contributed by atoms with Crippen molar-refractivity contribution in [2.45, 2.75) is 18.9 Å². The molecule has 0 heterocycles. The van der Waals surface area contributed by atoms with Crippen LogP contribution in [-0.4, -0.2) is 19.0 Å². The van der Waals surface area contributed by atoms with Gasteiger partial charge < -0.3 is 14.6 Å². The predicted molar refractivity (Wildman–Crippen MR) is 52.2 cm³/mol. The molecule has 1 aliphatic carbocycles. The SMILES string of the molecule is COCOc1ccc2c(c1)CC[C@@H]2O. The van der Waals surface area contributed by atoms with Gasteiger partial charge in [-0.15, -0.1) is 0 Å². The predicted octanol–water partition coefficient (Wildman–Crippen LogP) is 1.65. The van der Waals surface area contributed by atoms with Gasteiger partial charge >= 0.3 is 0 Å². The molecule has 1 aromatic rings. The molecular weight excluding hydrogens is 180 g/mol. The molecule has 14 heavy (non-hydrogen) atoms. The molecule has 2 rings (SSSR count). The zero-order valence-corrected chi connectivity index (χ0v) is 8.19. The van der Waals surface area contributed by atoms with Crippen molar-refractivity contribution in [1.82, 2.24) is 0 Å². The largest absolute Gasteiger partial charge is 0.468 e. The molecule has 0 aliphatic heterocycles. The molecule has 3 heteroatoms. The van der Waals surface area contributed by atoms with Crippen LogP contribution in [0.5, 0.6) is 5.75 Å². The summed E-state index contributed by atoms with van der Waals surface area (Å²) in [5.74, 6) is 0.805. The molecule has 0 amide bonds. The minimum absolute atomic E-state index is 0.265. The second-order valence-electron chi connectivity index (χ2n) is 3.47. The summed E-state index contributed by atoms with van der Waals surface area (Å²) in [6, 6.07) is 5.77. The van der Waals surface area contributed by atoms with Gasteiger partial charge in [0.2, 0.25) is 0 Å². The molecule has 0 aromatic heterocycles. The standard InChI is InChI=1S/C11H14O3/c1-13-7-14-9-3-4-10-8(6-9)2-5-11(10)12/h3-4,6,11-12H,2,5,7H2,1H3/t11-/m0/s1. The van der Waals surface area contributed by atoms with Gasteiger partial charge in [-0.3, -0.25) is 0 Å². The quantitative estimate of drug-likeness (QED) is 0.743. The van der Waals surface area contributed by atoms with E-state index in [1.807, 2.05) is 18.2 Å². The van der Waals surface area contributed by atoms with Crippen molar-refractivity contribution < 1.29 is 14.6 Å². The number of aliphatic hydroxyl groups is 1. The summed E-state index contributed by atoms with van der Waals surface area (Å²) in [6.45, 7) is 0.265. The summed E-state index contributed by atoms with van der Waals surface area (Å²) in [5.41, 5.74) is 2.22. The highest BCUT2D eigenvalue weighted by molar-refractivity contribution is 5.39. The zero-order chi connectivity index (χ0) is 9.97. The Balaban J connectivity index is 2.15. The van der Waals surface area contributed by atoms with Gasteiger partial charge in [-0.2, -0.15) is 0 Å². The van der Waals surface area contributed by atoms with Crippen molar-refractivity contribution >= 4 is 0 Å². The van der Waals surface area contributed by atoms with Crippen LogP contribution in [-0.2, 0) is 11.2 Å².